The van der Waals surface area contributed by atoms with Gasteiger partial charge in [0, 0.05) is 11.1 Å². The van der Waals surface area contributed by atoms with E-state index >= 15 is 0 Å². The van der Waals surface area contributed by atoms with Gasteiger partial charge in [0.2, 0.25) is 0 Å². The van der Waals surface area contributed by atoms with Crippen LogP contribution in [0.4, 0.5) is 0 Å². The van der Waals surface area contributed by atoms with Crippen LogP contribution in [0.5, 0.6) is 0 Å². The van der Waals surface area contributed by atoms with Gasteiger partial charge in [-0.25, -0.2) is 0 Å². The summed E-state index contributed by atoms with van der Waals surface area (Å²) in [5.74, 6) is -0.877. The van der Waals surface area contributed by atoms with E-state index in [0.29, 0.717) is 6.61 Å². The van der Waals surface area contributed by atoms with E-state index in [1.165, 1.54) is 0 Å². The Hall–Kier alpha value is -0.653. The molecule has 0 unspecified atom stereocenters. The zero-order valence-corrected chi connectivity index (χ0v) is 18.6. The van der Waals surface area contributed by atoms with Crippen LogP contribution in [-0.4, -0.2) is 26.0 Å². The second-order valence-electron chi connectivity index (χ2n) is 8.78. The smallest absolute Gasteiger partial charge is 0.307 e. The minimum Gasteiger partial charge on any atom is -0.481 e. The van der Waals surface area contributed by atoms with Crippen LogP contribution in [0.1, 0.15) is 51.5 Å². The molecule has 0 amide bonds. The molecule has 1 aliphatic carbocycles. The Morgan fingerprint density at radius 1 is 1.24 bits per heavy atom. The minimum atomic E-state index is -1.86. The molecule has 3 nitrogen and oxygen atoms in total. The molecule has 5 heteroatoms. The second-order valence-corrected chi connectivity index (χ2v) is 14.5. The maximum absolute atomic E-state index is 12.1. The van der Waals surface area contributed by atoms with Crippen LogP contribution in [0, 0.1) is 11.8 Å². The van der Waals surface area contributed by atoms with Crippen LogP contribution in [0.15, 0.2) is 28.7 Å². The second kappa shape index (κ2) is 7.93. The summed E-state index contributed by atoms with van der Waals surface area (Å²) >= 11 is 3.46. The fourth-order valence-electron chi connectivity index (χ4n) is 3.46. The molecule has 1 aliphatic rings. The molecule has 2 rings (SSSR count). The van der Waals surface area contributed by atoms with Gasteiger partial charge in [-0.15, -0.1) is 0 Å². The number of rotatable bonds is 5. The van der Waals surface area contributed by atoms with Crippen LogP contribution < -0.4 is 0 Å². The summed E-state index contributed by atoms with van der Waals surface area (Å²) in [7, 11) is -1.86. The average Bonchev–Trinajstić information content (AvgIpc) is 2.52. The lowest BCUT2D eigenvalue weighted by molar-refractivity contribution is -0.146. The summed E-state index contributed by atoms with van der Waals surface area (Å²) in [5, 5.41) is 10.1. The van der Waals surface area contributed by atoms with E-state index in [2.05, 4.69) is 61.9 Å². The molecule has 0 aliphatic heterocycles. The summed E-state index contributed by atoms with van der Waals surface area (Å²) in [5.41, 5.74) is 1.13. The number of carbonyl (C=O) groups is 1. The maximum atomic E-state index is 12.1. The highest BCUT2D eigenvalue weighted by atomic mass is 79.9. The first-order valence-corrected chi connectivity index (χ1v) is 12.9. The van der Waals surface area contributed by atoms with Crippen LogP contribution in [0.2, 0.25) is 18.1 Å². The van der Waals surface area contributed by atoms with Crippen molar-refractivity contribution < 1.29 is 14.3 Å². The van der Waals surface area contributed by atoms with Crippen molar-refractivity contribution in [2.75, 3.05) is 6.61 Å². The number of benzene rings is 1. The summed E-state index contributed by atoms with van der Waals surface area (Å²) in [4.78, 5) is 12.1. The molecule has 0 radical (unpaired) electrons. The minimum absolute atomic E-state index is 0.0763. The van der Waals surface area contributed by atoms with Gasteiger partial charge in [-0.1, -0.05) is 55.3 Å². The van der Waals surface area contributed by atoms with Crippen molar-refractivity contribution in [3.8, 4) is 0 Å². The standard InChI is InChI=1S/C20H31BrO3Si/c1-20(2,3)25(4,5)24-13-15-7-6-8-17(18(15)19(22)23)14-9-11-16(21)12-10-14/h9-12,15,17-18H,6-8,13H2,1-5H3,(H,22,23)/t15-,17+,18-/m0/s1. The zero-order valence-electron chi connectivity index (χ0n) is 16.0. The molecule has 1 N–H and O–H groups in total. The highest BCUT2D eigenvalue weighted by molar-refractivity contribution is 9.10. The third-order valence-electron chi connectivity index (χ3n) is 6.08. The predicted octanol–water partition coefficient (Wildman–Crippen LogP) is 6.06. The Balaban J connectivity index is 2.17. The van der Waals surface area contributed by atoms with Crippen molar-refractivity contribution >= 4 is 30.2 Å². The third kappa shape index (κ3) is 4.95. The zero-order chi connectivity index (χ0) is 18.8. The van der Waals surface area contributed by atoms with Crippen molar-refractivity contribution in [1.29, 1.82) is 0 Å². The van der Waals surface area contributed by atoms with Crippen molar-refractivity contribution in [2.24, 2.45) is 11.8 Å². The number of carboxylic acid groups (broad SMARTS) is 1. The van der Waals surface area contributed by atoms with Gasteiger partial charge in [-0.3, -0.25) is 4.79 Å². The number of halogens is 1. The molecular formula is C20H31BrO3Si. The van der Waals surface area contributed by atoms with E-state index in [1.807, 2.05) is 12.1 Å². The lowest BCUT2D eigenvalue weighted by Gasteiger charge is -2.40. The first-order chi connectivity index (χ1) is 11.5. The van der Waals surface area contributed by atoms with Crippen molar-refractivity contribution in [1.82, 2.24) is 0 Å². The molecule has 3 atom stereocenters. The van der Waals surface area contributed by atoms with Crippen molar-refractivity contribution in [3.63, 3.8) is 0 Å². The van der Waals surface area contributed by atoms with E-state index in [0.717, 1.165) is 29.3 Å². The molecule has 0 heterocycles. The van der Waals surface area contributed by atoms with Gasteiger partial charge in [-0.05, 0) is 60.5 Å². The molecule has 1 fully saturated rings. The van der Waals surface area contributed by atoms with Crippen LogP contribution in [0.3, 0.4) is 0 Å². The monoisotopic (exact) mass is 426 g/mol. The predicted molar refractivity (Wildman–Crippen MR) is 108 cm³/mol. The fourth-order valence-corrected chi connectivity index (χ4v) is 4.79. The first kappa shape index (κ1) is 20.7. The average molecular weight is 427 g/mol. The molecule has 25 heavy (non-hydrogen) atoms. The molecule has 0 bridgehead atoms. The SMILES string of the molecule is CC(C)(C)[Si](C)(C)OC[C@@H]1CCC[C@H](c2ccc(Br)cc2)[C@H]1C(=O)O. The molecule has 1 saturated carbocycles. The summed E-state index contributed by atoms with van der Waals surface area (Å²) in [6.45, 7) is 11.7. The van der Waals surface area contributed by atoms with Crippen molar-refractivity contribution in [2.45, 2.75) is 64.1 Å². The Labute approximate surface area is 161 Å². The number of hydrogen-bond donors (Lipinski definition) is 1. The maximum Gasteiger partial charge on any atom is 0.307 e. The Morgan fingerprint density at radius 2 is 1.84 bits per heavy atom. The molecule has 0 saturated heterocycles. The molecule has 140 valence electrons. The Bertz CT molecular complexity index is 592. The van der Waals surface area contributed by atoms with Gasteiger partial charge < -0.3 is 9.53 Å². The number of aliphatic carboxylic acids is 1. The highest BCUT2D eigenvalue weighted by Crippen LogP contribution is 2.43. The Kier molecular flexibility index (Phi) is 6.55. The van der Waals surface area contributed by atoms with E-state index in [9.17, 15) is 9.90 Å². The molecule has 0 spiro atoms. The Morgan fingerprint density at radius 3 is 2.36 bits per heavy atom. The van der Waals surface area contributed by atoms with E-state index in [4.69, 9.17) is 4.43 Å². The lowest BCUT2D eigenvalue weighted by Crippen LogP contribution is -2.44. The molecule has 1 aromatic carbocycles. The fraction of sp³-hybridized carbons (Fsp3) is 0.650. The highest BCUT2D eigenvalue weighted by Gasteiger charge is 2.42. The van der Waals surface area contributed by atoms with Crippen molar-refractivity contribution in [3.05, 3.63) is 34.3 Å². The summed E-state index contributed by atoms with van der Waals surface area (Å²) < 4.78 is 7.41. The summed E-state index contributed by atoms with van der Waals surface area (Å²) in [6, 6.07) is 8.12. The van der Waals surface area contributed by atoms with E-state index in [-0.39, 0.29) is 22.8 Å². The normalized spacial score (nSPS) is 25.0. The van der Waals surface area contributed by atoms with E-state index < -0.39 is 14.3 Å². The largest absolute Gasteiger partial charge is 0.481 e. The van der Waals surface area contributed by atoms with Gasteiger partial charge in [-0.2, -0.15) is 0 Å². The summed E-state index contributed by atoms with van der Waals surface area (Å²) in [6.07, 6.45) is 2.95. The molecule has 1 aromatic rings. The van der Waals surface area contributed by atoms with Gasteiger partial charge in [0.1, 0.15) is 0 Å². The third-order valence-corrected chi connectivity index (χ3v) is 11.1. The van der Waals surface area contributed by atoms with Crippen LogP contribution in [0.25, 0.3) is 0 Å². The number of carboxylic acids is 1. The molecule has 0 aromatic heterocycles. The first-order valence-electron chi connectivity index (χ1n) is 9.15. The van der Waals surface area contributed by atoms with Gasteiger partial charge in [0.25, 0.3) is 0 Å². The van der Waals surface area contributed by atoms with Crippen LogP contribution >= 0.6 is 15.9 Å². The van der Waals surface area contributed by atoms with Gasteiger partial charge >= 0.3 is 5.97 Å². The van der Waals surface area contributed by atoms with Gasteiger partial charge in [0.05, 0.1) is 5.92 Å². The van der Waals surface area contributed by atoms with E-state index in [1.54, 1.807) is 0 Å². The quantitative estimate of drug-likeness (QED) is 0.582. The molecular weight excluding hydrogens is 396 g/mol. The van der Waals surface area contributed by atoms with Crippen LogP contribution in [-0.2, 0) is 9.22 Å². The topological polar surface area (TPSA) is 46.5 Å². The van der Waals surface area contributed by atoms with Gasteiger partial charge in [0.15, 0.2) is 8.32 Å². The number of hydrogen-bond acceptors (Lipinski definition) is 2. The lowest BCUT2D eigenvalue weighted by atomic mass is 9.69.